The summed E-state index contributed by atoms with van der Waals surface area (Å²) in [7, 11) is -3.67. The second-order valence-electron chi connectivity index (χ2n) is 8.55. The van der Waals surface area contributed by atoms with Crippen LogP contribution in [0.1, 0.15) is 47.5 Å². The van der Waals surface area contributed by atoms with Crippen LogP contribution >= 0.6 is 11.3 Å². The third kappa shape index (κ3) is 5.05. The molecule has 1 saturated heterocycles. The first-order valence-electron chi connectivity index (χ1n) is 11.7. The van der Waals surface area contributed by atoms with E-state index < -0.39 is 21.9 Å². The van der Waals surface area contributed by atoms with E-state index in [1.807, 2.05) is 0 Å². The molecule has 10 heteroatoms. The molecule has 0 radical (unpaired) electrons. The van der Waals surface area contributed by atoms with Crippen LogP contribution in [0.25, 0.3) is 0 Å². The average Bonchev–Trinajstić information content (AvgIpc) is 3.21. The number of benzene rings is 1. The van der Waals surface area contributed by atoms with E-state index >= 15 is 0 Å². The number of carbonyl (C=O) groups is 2. The molecule has 0 bridgehead atoms. The maximum atomic E-state index is 13.3. The molecule has 0 spiro atoms. The molecule has 0 saturated carbocycles. The number of sulfonamides is 1. The number of nitrogens with zero attached hydrogens (tertiary/aromatic N) is 2. The van der Waals surface area contributed by atoms with Crippen LogP contribution in [0.15, 0.2) is 35.2 Å². The van der Waals surface area contributed by atoms with E-state index in [-0.39, 0.29) is 24.0 Å². The molecular formula is C24H31N3O5S2. The molecule has 0 aliphatic carbocycles. The molecule has 2 aliphatic rings. The van der Waals surface area contributed by atoms with Gasteiger partial charge in [0.1, 0.15) is 5.00 Å². The number of likely N-dealkylation sites (N-methyl/N-ethyl adjacent to an activating group) is 1. The number of rotatable bonds is 7. The van der Waals surface area contributed by atoms with E-state index in [0.29, 0.717) is 30.0 Å². The Kier molecular flexibility index (Phi) is 7.71. The van der Waals surface area contributed by atoms with Gasteiger partial charge in [-0.15, -0.1) is 11.3 Å². The maximum absolute atomic E-state index is 13.3. The molecular weight excluding hydrogens is 474 g/mol. The van der Waals surface area contributed by atoms with Crippen molar-refractivity contribution in [3.8, 4) is 0 Å². The van der Waals surface area contributed by atoms with Crippen molar-refractivity contribution >= 4 is 38.2 Å². The van der Waals surface area contributed by atoms with Crippen LogP contribution in [0.5, 0.6) is 0 Å². The fraction of sp³-hybridized carbons (Fsp3) is 0.500. The zero-order valence-corrected chi connectivity index (χ0v) is 21.2. The number of esters is 1. The van der Waals surface area contributed by atoms with Crippen molar-refractivity contribution in [3.05, 3.63) is 46.3 Å². The minimum atomic E-state index is -3.67. The van der Waals surface area contributed by atoms with Crippen LogP contribution < -0.4 is 5.32 Å². The second kappa shape index (κ2) is 10.6. The number of nitrogens with one attached hydrogen (secondary N) is 1. The smallest absolute Gasteiger partial charge is 0.341 e. The molecule has 1 aromatic carbocycles. The van der Waals surface area contributed by atoms with E-state index in [9.17, 15) is 18.0 Å². The summed E-state index contributed by atoms with van der Waals surface area (Å²) in [6.45, 7) is 7.14. The van der Waals surface area contributed by atoms with Crippen LogP contribution in [0.4, 0.5) is 5.00 Å². The van der Waals surface area contributed by atoms with Crippen LogP contribution in [-0.4, -0.2) is 62.3 Å². The second-order valence-corrected chi connectivity index (χ2v) is 11.6. The van der Waals surface area contributed by atoms with Crippen molar-refractivity contribution in [2.45, 2.75) is 44.6 Å². The largest absolute Gasteiger partial charge is 0.462 e. The van der Waals surface area contributed by atoms with Gasteiger partial charge in [-0.2, -0.15) is 4.31 Å². The van der Waals surface area contributed by atoms with E-state index in [0.717, 1.165) is 36.5 Å². The van der Waals surface area contributed by atoms with E-state index in [1.165, 1.54) is 15.6 Å². The highest BCUT2D eigenvalue weighted by Gasteiger charge is 2.35. The summed E-state index contributed by atoms with van der Waals surface area (Å²) in [6, 6.07) is 8.29. The lowest BCUT2D eigenvalue weighted by Crippen LogP contribution is -2.43. The number of hydrogen-bond acceptors (Lipinski definition) is 7. The molecule has 8 nitrogen and oxygen atoms in total. The van der Waals surface area contributed by atoms with Crippen molar-refractivity contribution in [1.29, 1.82) is 0 Å². The van der Waals surface area contributed by atoms with Gasteiger partial charge in [-0.05, 0) is 50.4 Å². The summed E-state index contributed by atoms with van der Waals surface area (Å²) in [4.78, 5) is 29.6. The summed E-state index contributed by atoms with van der Waals surface area (Å²) in [5.41, 5.74) is 1.41. The van der Waals surface area contributed by atoms with Crippen LogP contribution in [0.2, 0.25) is 0 Å². The van der Waals surface area contributed by atoms with Gasteiger partial charge in [-0.3, -0.25) is 9.69 Å². The molecule has 1 fully saturated rings. The van der Waals surface area contributed by atoms with Gasteiger partial charge >= 0.3 is 5.97 Å². The Balaban J connectivity index is 1.54. The topological polar surface area (TPSA) is 96.0 Å². The molecule has 1 atom stereocenters. The molecule has 4 rings (SSSR count). The standard InChI is InChI=1S/C24H31N3O5S2/c1-3-26-14-12-19-20(16-26)33-23(21(19)24(29)32-4-2)25-22(28)17-9-8-13-27(15-17)34(30,31)18-10-6-5-7-11-18/h5-7,10-11,17H,3-4,8-9,12-16H2,1-2H3,(H,25,28). The maximum Gasteiger partial charge on any atom is 0.341 e. The van der Waals surface area contributed by atoms with Gasteiger partial charge in [0.15, 0.2) is 0 Å². The number of ether oxygens (including phenoxy) is 1. The number of fused-ring (bicyclic) bond motifs is 1. The monoisotopic (exact) mass is 505 g/mol. The highest BCUT2D eigenvalue weighted by Crippen LogP contribution is 2.38. The zero-order valence-electron chi connectivity index (χ0n) is 19.6. The molecule has 34 heavy (non-hydrogen) atoms. The van der Waals surface area contributed by atoms with Crippen LogP contribution in [-0.2, 0) is 32.5 Å². The molecule has 184 valence electrons. The number of carbonyl (C=O) groups excluding carboxylic acids is 2. The molecule has 2 aliphatic heterocycles. The predicted molar refractivity (Wildman–Crippen MR) is 131 cm³/mol. The molecule has 1 aromatic heterocycles. The van der Waals surface area contributed by atoms with Crippen LogP contribution in [0.3, 0.4) is 0 Å². The zero-order chi connectivity index (χ0) is 24.3. The van der Waals surface area contributed by atoms with Gasteiger partial charge in [-0.1, -0.05) is 25.1 Å². The highest BCUT2D eigenvalue weighted by atomic mass is 32.2. The summed E-state index contributed by atoms with van der Waals surface area (Å²) >= 11 is 1.42. The van der Waals surface area contributed by atoms with E-state index in [4.69, 9.17) is 4.74 Å². The first-order valence-corrected chi connectivity index (χ1v) is 14.0. The quantitative estimate of drug-likeness (QED) is 0.580. The summed E-state index contributed by atoms with van der Waals surface area (Å²) < 4.78 is 32.8. The van der Waals surface area contributed by atoms with Gasteiger partial charge in [0.2, 0.25) is 15.9 Å². The Hall–Kier alpha value is -2.27. The van der Waals surface area contributed by atoms with Gasteiger partial charge in [0.25, 0.3) is 0 Å². The Morgan fingerprint density at radius 3 is 2.65 bits per heavy atom. The first kappa shape index (κ1) is 24.8. The minimum absolute atomic E-state index is 0.118. The van der Waals surface area contributed by atoms with Crippen molar-refractivity contribution in [1.82, 2.24) is 9.21 Å². The predicted octanol–water partition coefficient (Wildman–Crippen LogP) is 3.34. The number of hydrogen-bond donors (Lipinski definition) is 1. The fourth-order valence-corrected chi connectivity index (χ4v) is 7.39. The SMILES string of the molecule is CCOC(=O)c1c(NC(=O)C2CCCN(S(=O)(=O)c3ccccc3)C2)sc2c1CCN(CC)C2. The summed E-state index contributed by atoms with van der Waals surface area (Å²) in [6.07, 6.45) is 1.92. The lowest BCUT2D eigenvalue weighted by atomic mass is 9.98. The highest BCUT2D eigenvalue weighted by molar-refractivity contribution is 7.89. The van der Waals surface area contributed by atoms with Gasteiger partial charge < -0.3 is 10.1 Å². The van der Waals surface area contributed by atoms with Crippen molar-refractivity contribution < 1.29 is 22.7 Å². The number of anilines is 1. The summed E-state index contributed by atoms with van der Waals surface area (Å²) in [5, 5.41) is 3.47. The van der Waals surface area contributed by atoms with Crippen molar-refractivity contribution in [2.24, 2.45) is 5.92 Å². The molecule has 3 heterocycles. The fourth-order valence-electron chi connectivity index (χ4n) is 4.56. The molecule has 2 aromatic rings. The van der Waals surface area contributed by atoms with Crippen molar-refractivity contribution in [3.63, 3.8) is 0 Å². The third-order valence-corrected chi connectivity index (χ3v) is 9.45. The Morgan fingerprint density at radius 1 is 1.18 bits per heavy atom. The third-order valence-electron chi connectivity index (χ3n) is 6.44. The Labute approximate surface area is 204 Å². The number of piperidine rings is 1. The Morgan fingerprint density at radius 2 is 1.94 bits per heavy atom. The number of thiophene rings is 1. The summed E-state index contributed by atoms with van der Waals surface area (Å²) in [5.74, 6) is -1.17. The minimum Gasteiger partial charge on any atom is -0.462 e. The van der Waals surface area contributed by atoms with Gasteiger partial charge in [0, 0.05) is 31.1 Å². The Bertz CT molecular complexity index is 1150. The van der Waals surface area contributed by atoms with Crippen molar-refractivity contribution in [2.75, 3.05) is 38.1 Å². The lowest BCUT2D eigenvalue weighted by Gasteiger charge is -2.31. The first-order chi connectivity index (χ1) is 16.3. The molecule has 1 unspecified atom stereocenters. The van der Waals surface area contributed by atoms with Gasteiger partial charge in [0.05, 0.1) is 23.0 Å². The van der Waals surface area contributed by atoms with Crippen LogP contribution in [0, 0.1) is 5.92 Å². The normalized spacial score (nSPS) is 19.4. The average molecular weight is 506 g/mol. The lowest BCUT2D eigenvalue weighted by molar-refractivity contribution is -0.120. The van der Waals surface area contributed by atoms with E-state index in [2.05, 4.69) is 17.1 Å². The van der Waals surface area contributed by atoms with Gasteiger partial charge in [-0.25, -0.2) is 13.2 Å². The van der Waals surface area contributed by atoms with E-state index in [1.54, 1.807) is 37.3 Å². The molecule has 1 N–H and O–H groups in total. The number of amides is 1. The molecule has 1 amide bonds.